The molecule has 0 N–H and O–H groups in total. The standard InChI is InChI=1S/C15H14N2OS.C8H10OS.5CH4/c1-10(2)18-15-14(13-8-5-9-19-13)16-11-6-3-4-7-12(11)17-15;1-6(2)8(9)7-4-3-5-10-7;;;;;/h3-10H,1-2H3;3-6H,1-2H3;5*1H4. The van der Waals surface area contributed by atoms with Crippen LogP contribution < -0.4 is 4.74 Å². The number of carbonyl (C=O) groups is 1. The average Bonchev–Trinajstić information content (AvgIpc) is 3.41. The predicted octanol–water partition coefficient (Wildman–Crippen LogP) is 9.91. The summed E-state index contributed by atoms with van der Waals surface area (Å²) in [5.41, 5.74) is 2.57. The minimum Gasteiger partial charge on any atom is -0.473 e. The van der Waals surface area contributed by atoms with Gasteiger partial charge in [-0.1, -0.05) is 75.2 Å². The van der Waals surface area contributed by atoms with E-state index in [4.69, 9.17) is 9.72 Å². The molecule has 0 spiro atoms. The summed E-state index contributed by atoms with van der Waals surface area (Å²) in [6.45, 7) is 7.83. The molecular formula is C28H44N2O2S2. The van der Waals surface area contributed by atoms with Crippen LogP contribution in [0.3, 0.4) is 0 Å². The fourth-order valence-corrected chi connectivity index (χ4v) is 4.08. The van der Waals surface area contributed by atoms with Crippen molar-refractivity contribution in [2.45, 2.75) is 70.9 Å². The number of ketones is 1. The molecule has 190 valence electrons. The lowest BCUT2D eigenvalue weighted by atomic mass is 10.1. The van der Waals surface area contributed by atoms with Gasteiger partial charge in [0.15, 0.2) is 5.78 Å². The Bertz CT molecular complexity index is 1060. The smallest absolute Gasteiger partial charge is 0.242 e. The first-order valence-corrected chi connectivity index (χ1v) is 11.3. The van der Waals surface area contributed by atoms with Gasteiger partial charge in [-0.15, -0.1) is 22.7 Å². The van der Waals surface area contributed by atoms with E-state index in [1.54, 1.807) is 11.3 Å². The summed E-state index contributed by atoms with van der Waals surface area (Å²) in [6, 6.07) is 15.7. The van der Waals surface area contributed by atoms with E-state index in [1.165, 1.54) is 11.3 Å². The molecule has 4 nitrogen and oxygen atoms in total. The monoisotopic (exact) mass is 504 g/mol. The van der Waals surface area contributed by atoms with E-state index in [0.29, 0.717) is 5.88 Å². The molecule has 0 aliphatic rings. The summed E-state index contributed by atoms with van der Waals surface area (Å²) in [5.74, 6) is 0.977. The summed E-state index contributed by atoms with van der Waals surface area (Å²) in [4.78, 5) is 22.5. The summed E-state index contributed by atoms with van der Waals surface area (Å²) in [6.07, 6.45) is 0.0779. The molecule has 0 aliphatic heterocycles. The number of benzene rings is 1. The number of Topliss-reactive ketones (excluding diaryl/α,β-unsaturated/α-hetero) is 1. The first-order valence-electron chi connectivity index (χ1n) is 9.50. The second-order valence-electron chi connectivity index (χ2n) is 7.01. The largest absolute Gasteiger partial charge is 0.473 e. The van der Waals surface area contributed by atoms with E-state index < -0.39 is 0 Å². The molecule has 0 unspecified atom stereocenters. The number of aromatic nitrogens is 2. The van der Waals surface area contributed by atoms with E-state index >= 15 is 0 Å². The highest BCUT2D eigenvalue weighted by molar-refractivity contribution is 7.13. The van der Waals surface area contributed by atoms with Crippen LogP contribution in [0.2, 0.25) is 0 Å². The number of ether oxygens (including phenoxy) is 1. The van der Waals surface area contributed by atoms with Crippen LogP contribution in [0.1, 0.15) is 74.5 Å². The van der Waals surface area contributed by atoms with Crippen molar-refractivity contribution in [3.8, 4) is 16.5 Å². The number of nitrogens with zero attached hydrogens (tertiary/aromatic N) is 2. The molecule has 0 bridgehead atoms. The molecule has 34 heavy (non-hydrogen) atoms. The van der Waals surface area contributed by atoms with Gasteiger partial charge in [0, 0.05) is 5.92 Å². The van der Waals surface area contributed by atoms with Gasteiger partial charge >= 0.3 is 0 Å². The molecule has 0 radical (unpaired) electrons. The number of hydrogen-bond donors (Lipinski definition) is 0. The molecular weight excluding hydrogens is 460 g/mol. The Balaban J connectivity index is -0.000000563. The zero-order valence-corrected chi connectivity index (χ0v) is 18.6. The van der Waals surface area contributed by atoms with Crippen molar-refractivity contribution in [1.29, 1.82) is 0 Å². The Morgan fingerprint density at radius 2 is 1.32 bits per heavy atom. The van der Waals surface area contributed by atoms with Gasteiger partial charge in [0.25, 0.3) is 0 Å². The molecule has 0 saturated carbocycles. The lowest BCUT2D eigenvalue weighted by Crippen LogP contribution is -2.08. The predicted molar refractivity (Wildman–Crippen MR) is 156 cm³/mol. The Hall–Kier alpha value is -2.57. The lowest BCUT2D eigenvalue weighted by Gasteiger charge is -2.12. The van der Waals surface area contributed by atoms with Gasteiger partial charge in [-0.2, -0.15) is 0 Å². The maximum absolute atomic E-state index is 11.2. The van der Waals surface area contributed by atoms with Crippen LogP contribution in [-0.2, 0) is 0 Å². The third-order valence-electron chi connectivity index (χ3n) is 3.93. The van der Waals surface area contributed by atoms with Crippen LogP contribution in [0, 0.1) is 5.92 Å². The number of carbonyl (C=O) groups excluding carboxylic acids is 1. The first kappa shape index (κ1) is 36.0. The molecule has 3 heterocycles. The number of para-hydroxylation sites is 2. The molecule has 1 aromatic carbocycles. The van der Waals surface area contributed by atoms with Gasteiger partial charge in [0.1, 0.15) is 5.69 Å². The highest BCUT2D eigenvalue weighted by Gasteiger charge is 2.14. The zero-order valence-electron chi connectivity index (χ0n) is 17.0. The molecule has 4 aromatic rings. The van der Waals surface area contributed by atoms with Gasteiger partial charge in [-0.25, -0.2) is 9.97 Å². The summed E-state index contributed by atoms with van der Waals surface area (Å²) < 4.78 is 5.81. The fraction of sp³-hybridized carbons (Fsp3) is 0.393. The molecule has 0 aliphatic carbocycles. The molecule has 6 heteroatoms. The Kier molecular flexibility index (Phi) is 18.0. The third kappa shape index (κ3) is 9.35. The summed E-state index contributed by atoms with van der Waals surface area (Å²) in [5, 5.41) is 3.96. The van der Waals surface area contributed by atoms with E-state index in [1.807, 2.05) is 87.0 Å². The van der Waals surface area contributed by atoms with E-state index in [-0.39, 0.29) is 54.9 Å². The van der Waals surface area contributed by atoms with Crippen molar-refractivity contribution >= 4 is 39.5 Å². The highest BCUT2D eigenvalue weighted by atomic mass is 32.1. The van der Waals surface area contributed by atoms with Gasteiger partial charge in [0.05, 0.1) is 26.9 Å². The van der Waals surface area contributed by atoms with Crippen LogP contribution in [0.4, 0.5) is 0 Å². The maximum Gasteiger partial charge on any atom is 0.242 e. The second kappa shape index (κ2) is 17.0. The quantitative estimate of drug-likeness (QED) is 0.254. The van der Waals surface area contributed by atoms with Gasteiger partial charge < -0.3 is 4.74 Å². The van der Waals surface area contributed by atoms with Crippen molar-refractivity contribution < 1.29 is 9.53 Å². The third-order valence-corrected chi connectivity index (χ3v) is 5.69. The van der Waals surface area contributed by atoms with Crippen molar-refractivity contribution in [2.75, 3.05) is 0 Å². The van der Waals surface area contributed by atoms with Crippen LogP contribution >= 0.6 is 22.7 Å². The average molecular weight is 505 g/mol. The number of hydrogen-bond acceptors (Lipinski definition) is 6. The van der Waals surface area contributed by atoms with Gasteiger partial charge in [-0.3, -0.25) is 4.79 Å². The van der Waals surface area contributed by atoms with Crippen LogP contribution in [0.15, 0.2) is 59.3 Å². The molecule has 4 rings (SSSR count). The summed E-state index contributed by atoms with van der Waals surface area (Å²) in [7, 11) is 0. The molecule has 0 amide bonds. The van der Waals surface area contributed by atoms with Gasteiger partial charge in [0.2, 0.25) is 5.88 Å². The maximum atomic E-state index is 11.2. The topological polar surface area (TPSA) is 52.1 Å². The Labute approximate surface area is 216 Å². The van der Waals surface area contributed by atoms with Crippen LogP contribution in [-0.4, -0.2) is 21.9 Å². The normalized spacial score (nSPS) is 9.24. The molecule has 0 atom stereocenters. The molecule has 0 saturated heterocycles. The number of thiophene rings is 2. The fourth-order valence-electron chi connectivity index (χ4n) is 2.57. The zero-order chi connectivity index (χ0) is 20.8. The first-order chi connectivity index (χ1) is 14.0. The van der Waals surface area contributed by atoms with Crippen molar-refractivity contribution in [2.24, 2.45) is 5.92 Å². The van der Waals surface area contributed by atoms with Crippen LogP contribution in [0.5, 0.6) is 5.88 Å². The molecule has 3 aromatic heterocycles. The Morgan fingerprint density at radius 1 is 0.765 bits per heavy atom. The van der Waals surface area contributed by atoms with Crippen molar-refractivity contribution in [3.63, 3.8) is 0 Å². The van der Waals surface area contributed by atoms with Crippen molar-refractivity contribution in [3.05, 3.63) is 64.2 Å². The number of fused-ring (bicyclic) bond motifs is 1. The van der Waals surface area contributed by atoms with Crippen LogP contribution in [0.25, 0.3) is 21.6 Å². The minimum atomic E-state index is 0. The van der Waals surface area contributed by atoms with E-state index in [2.05, 4.69) is 4.98 Å². The molecule has 0 fully saturated rings. The summed E-state index contributed by atoms with van der Waals surface area (Å²) >= 11 is 3.15. The number of rotatable bonds is 5. The highest BCUT2D eigenvalue weighted by Crippen LogP contribution is 2.32. The Morgan fingerprint density at radius 3 is 1.79 bits per heavy atom. The lowest BCUT2D eigenvalue weighted by molar-refractivity contribution is 0.0943. The minimum absolute atomic E-state index is 0. The van der Waals surface area contributed by atoms with E-state index in [0.717, 1.165) is 26.5 Å². The van der Waals surface area contributed by atoms with E-state index in [9.17, 15) is 4.79 Å². The van der Waals surface area contributed by atoms with Gasteiger partial charge in [-0.05, 0) is 48.9 Å². The SMILES string of the molecule is C.C.C.C.C.CC(C)C(=O)c1cccs1.CC(C)Oc1nc2ccccc2nc1-c1cccs1. The van der Waals surface area contributed by atoms with Crippen molar-refractivity contribution in [1.82, 2.24) is 9.97 Å². The second-order valence-corrected chi connectivity index (χ2v) is 8.90.